The maximum absolute atomic E-state index is 3.89. The first kappa shape index (κ1) is 9.58. The molecule has 0 saturated heterocycles. The van der Waals surface area contributed by atoms with E-state index in [0.29, 0.717) is 12.6 Å². The number of nitrogens with zero attached hydrogens (tertiary/aromatic N) is 3. The number of hydrogen-bond acceptors (Lipinski definition) is 4. The average molecular weight is 195 g/mol. The topological polar surface area (TPSA) is 66.5 Å². The number of aromatic amines is 1. The van der Waals surface area contributed by atoms with Crippen LogP contribution >= 0.6 is 0 Å². The Balaban J connectivity index is 1.64. The monoisotopic (exact) mass is 195 g/mol. The van der Waals surface area contributed by atoms with Crippen LogP contribution in [-0.2, 0) is 6.54 Å². The molecule has 1 atom stereocenters. The van der Waals surface area contributed by atoms with Crippen LogP contribution in [0.4, 0.5) is 0 Å². The van der Waals surface area contributed by atoms with Crippen molar-refractivity contribution in [2.75, 3.05) is 0 Å². The standard InChI is InChI=1S/C9H17N5/c1-7(5-8-3-2-4-8)10-6-9-11-13-14-12-9/h7-8,10H,2-6H2,1H3,(H,11,12,13,14). The van der Waals surface area contributed by atoms with Gasteiger partial charge in [0.1, 0.15) is 0 Å². The van der Waals surface area contributed by atoms with Crippen molar-refractivity contribution in [3.63, 3.8) is 0 Å². The van der Waals surface area contributed by atoms with Gasteiger partial charge in [0.2, 0.25) is 0 Å². The Hall–Kier alpha value is -0.970. The summed E-state index contributed by atoms with van der Waals surface area (Å²) in [5, 5.41) is 17.1. The summed E-state index contributed by atoms with van der Waals surface area (Å²) in [5.41, 5.74) is 0. The molecule has 2 N–H and O–H groups in total. The quantitative estimate of drug-likeness (QED) is 0.731. The van der Waals surface area contributed by atoms with Crippen molar-refractivity contribution in [2.24, 2.45) is 5.92 Å². The number of hydrogen-bond donors (Lipinski definition) is 2. The molecule has 0 aliphatic heterocycles. The zero-order valence-corrected chi connectivity index (χ0v) is 8.53. The van der Waals surface area contributed by atoms with E-state index in [9.17, 15) is 0 Å². The summed E-state index contributed by atoms with van der Waals surface area (Å²) in [5.74, 6) is 1.69. The molecule has 1 aliphatic rings. The summed E-state index contributed by atoms with van der Waals surface area (Å²) in [4.78, 5) is 0. The molecule has 0 aromatic carbocycles. The van der Waals surface area contributed by atoms with Gasteiger partial charge in [0.25, 0.3) is 0 Å². The lowest BCUT2D eigenvalue weighted by Crippen LogP contribution is -2.30. The first-order valence-electron chi connectivity index (χ1n) is 5.30. The molecular formula is C9H17N5. The van der Waals surface area contributed by atoms with Crippen LogP contribution in [0.2, 0.25) is 0 Å². The Morgan fingerprint density at radius 2 is 2.43 bits per heavy atom. The summed E-state index contributed by atoms with van der Waals surface area (Å²) in [6, 6.07) is 0.554. The molecule has 1 fully saturated rings. The van der Waals surface area contributed by atoms with E-state index < -0.39 is 0 Å². The predicted molar refractivity (Wildman–Crippen MR) is 52.4 cm³/mol. The third-order valence-corrected chi connectivity index (χ3v) is 2.91. The Labute approximate surface area is 83.7 Å². The maximum atomic E-state index is 3.89. The van der Waals surface area contributed by atoms with Crippen molar-refractivity contribution in [1.82, 2.24) is 25.9 Å². The predicted octanol–water partition coefficient (Wildman–Crippen LogP) is 0.868. The van der Waals surface area contributed by atoms with E-state index in [-0.39, 0.29) is 0 Å². The first-order valence-corrected chi connectivity index (χ1v) is 5.30. The van der Waals surface area contributed by atoms with Crippen LogP contribution in [0.25, 0.3) is 0 Å². The van der Waals surface area contributed by atoms with Gasteiger partial charge in [0.05, 0.1) is 6.54 Å². The van der Waals surface area contributed by atoms with Crippen LogP contribution in [0, 0.1) is 5.92 Å². The van der Waals surface area contributed by atoms with Gasteiger partial charge in [-0.05, 0) is 19.3 Å². The van der Waals surface area contributed by atoms with Gasteiger partial charge in [-0.1, -0.05) is 24.5 Å². The van der Waals surface area contributed by atoms with E-state index in [2.05, 4.69) is 32.9 Å². The molecule has 1 aliphatic carbocycles. The molecule has 0 amide bonds. The number of tetrazole rings is 1. The van der Waals surface area contributed by atoms with Crippen molar-refractivity contribution in [3.05, 3.63) is 5.82 Å². The first-order chi connectivity index (χ1) is 6.84. The Kier molecular flexibility index (Phi) is 3.08. The lowest BCUT2D eigenvalue weighted by molar-refractivity contribution is 0.265. The molecule has 0 bridgehead atoms. The number of aromatic nitrogens is 4. The van der Waals surface area contributed by atoms with Crippen molar-refractivity contribution in [2.45, 2.75) is 45.2 Å². The molecule has 78 valence electrons. The fourth-order valence-corrected chi connectivity index (χ4v) is 1.83. The highest BCUT2D eigenvalue weighted by Crippen LogP contribution is 2.30. The molecule has 1 aromatic rings. The highest BCUT2D eigenvalue weighted by atomic mass is 15.5. The van der Waals surface area contributed by atoms with Gasteiger partial charge in [-0.25, -0.2) is 0 Å². The summed E-state index contributed by atoms with van der Waals surface area (Å²) < 4.78 is 0. The van der Waals surface area contributed by atoms with Crippen LogP contribution in [0.1, 0.15) is 38.4 Å². The summed E-state index contributed by atoms with van der Waals surface area (Å²) >= 11 is 0. The molecule has 1 aromatic heterocycles. The molecule has 2 rings (SSSR count). The minimum atomic E-state index is 0.554. The van der Waals surface area contributed by atoms with Crippen LogP contribution in [0.3, 0.4) is 0 Å². The van der Waals surface area contributed by atoms with E-state index in [1.807, 2.05) is 0 Å². The fourth-order valence-electron chi connectivity index (χ4n) is 1.83. The van der Waals surface area contributed by atoms with Gasteiger partial charge in [-0.15, -0.1) is 10.2 Å². The minimum Gasteiger partial charge on any atom is -0.307 e. The van der Waals surface area contributed by atoms with Gasteiger partial charge in [0.15, 0.2) is 5.82 Å². The second kappa shape index (κ2) is 4.50. The number of nitrogens with one attached hydrogen (secondary N) is 2. The van der Waals surface area contributed by atoms with Gasteiger partial charge in [-0.3, -0.25) is 0 Å². The lowest BCUT2D eigenvalue weighted by atomic mass is 9.81. The normalized spacial score (nSPS) is 19.2. The Morgan fingerprint density at radius 1 is 1.57 bits per heavy atom. The van der Waals surface area contributed by atoms with E-state index in [4.69, 9.17) is 0 Å². The molecule has 5 heteroatoms. The van der Waals surface area contributed by atoms with E-state index in [1.54, 1.807) is 0 Å². The van der Waals surface area contributed by atoms with Crippen LogP contribution in [0.5, 0.6) is 0 Å². The highest BCUT2D eigenvalue weighted by Gasteiger charge is 2.19. The number of H-pyrrole nitrogens is 1. The summed E-state index contributed by atoms with van der Waals surface area (Å²) in [6.07, 6.45) is 5.52. The largest absolute Gasteiger partial charge is 0.307 e. The Morgan fingerprint density at radius 3 is 3.00 bits per heavy atom. The van der Waals surface area contributed by atoms with E-state index in [1.165, 1.54) is 25.7 Å². The SMILES string of the molecule is CC(CC1CCC1)NCc1nn[nH]n1. The second-order valence-corrected chi connectivity index (χ2v) is 4.14. The van der Waals surface area contributed by atoms with Gasteiger partial charge in [0, 0.05) is 6.04 Å². The lowest BCUT2D eigenvalue weighted by Gasteiger charge is -2.28. The molecule has 5 nitrogen and oxygen atoms in total. The maximum Gasteiger partial charge on any atom is 0.188 e. The third kappa shape index (κ3) is 2.51. The zero-order chi connectivity index (χ0) is 9.80. The molecule has 0 spiro atoms. The highest BCUT2D eigenvalue weighted by molar-refractivity contribution is 4.79. The average Bonchev–Trinajstić information content (AvgIpc) is 2.60. The molecule has 1 saturated carbocycles. The summed E-state index contributed by atoms with van der Waals surface area (Å²) in [6.45, 7) is 2.93. The van der Waals surface area contributed by atoms with Crippen molar-refractivity contribution in [1.29, 1.82) is 0 Å². The zero-order valence-electron chi connectivity index (χ0n) is 8.53. The van der Waals surface area contributed by atoms with Crippen molar-refractivity contribution in [3.8, 4) is 0 Å². The fraction of sp³-hybridized carbons (Fsp3) is 0.889. The van der Waals surface area contributed by atoms with Crippen LogP contribution < -0.4 is 5.32 Å². The Bertz CT molecular complexity index is 254. The van der Waals surface area contributed by atoms with E-state index >= 15 is 0 Å². The van der Waals surface area contributed by atoms with Crippen LogP contribution in [-0.4, -0.2) is 26.7 Å². The van der Waals surface area contributed by atoms with Crippen molar-refractivity contribution < 1.29 is 0 Å². The minimum absolute atomic E-state index is 0.554. The third-order valence-electron chi connectivity index (χ3n) is 2.91. The molecule has 0 radical (unpaired) electrons. The molecule has 14 heavy (non-hydrogen) atoms. The second-order valence-electron chi connectivity index (χ2n) is 4.14. The van der Waals surface area contributed by atoms with Crippen molar-refractivity contribution >= 4 is 0 Å². The molecule has 1 heterocycles. The van der Waals surface area contributed by atoms with E-state index in [0.717, 1.165) is 11.7 Å². The van der Waals surface area contributed by atoms with Crippen LogP contribution in [0.15, 0.2) is 0 Å². The van der Waals surface area contributed by atoms with Gasteiger partial charge in [-0.2, -0.15) is 5.21 Å². The summed E-state index contributed by atoms with van der Waals surface area (Å²) in [7, 11) is 0. The smallest absolute Gasteiger partial charge is 0.188 e. The molecular weight excluding hydrogens is 178 g/mol. The van der Waals surface area contributed by atoms with Gasteiger partial charge < -0.3 is 5.32 Å². The molecule has 1 unspecified atom stereocenters. The number of rotatable bonds is 5. The van der Waals surface area contributed by atoms with Gasteiger partial charge >= 0.3 is 0 Å².